The minimum absolute atomic E-state index is 0.0303. The predicted octanol–water partition coefficient (Wildman–Crippen LogP) is 6.07. The molecule has 0 N–H and O–H groups in total. The maximum Gasteiger partial charge on any atom is 0.433 e. The second kappa shape index (κ2) is 9.26. The average molecular weight is 504 g/mol. The Hall–Kier alpha value is -2.26. The number of aliphatic imine (C=N–C) groups is 1. The number of halogens is 5. The van der Waals surface area contributed by atoms with E-state index >= 15 is 0 Å². The van der Waals surface area contributed by atoms with Gasteiger partial charge in [-0.05, 0) is 54.6 Å². The van der Waals surface area contributed by atoms with Gasteiger partial charge in [0, 0.05) is 16.7 Å². The van der Waals surface area contributed by atoms with Crippen LogP contribution in [0, 0.1) is 5.82 Å². The van der Waals surface area contributed by atoms with E-state index in [1.165, 1.54) is 42.5 Å². The molecule has 3 nitrogen and oxygen atoms in total. The zero-order valence-corrected chi connectivity index (χ0v) is 18.4. The molecule has 0 aromatic heterocycles. The van der Waals surface area contributed by atoms with E-state index in [0.717, 1.165) is 18.4 Å². The Morgan fingerprint density at radius 2 is 1.57 bits per heavy atom. The van der Waals surface area contributed by atoms with Crippen molar-refractivity contribution in [3.8, 4) is 0 Å². The summed E-state index contributed by atoms with van der Waals surface area (Å²) >= 11 is 3.31. The van der Waals surface area contributed by atoms with Gasteiger partial charge >= 0.3 is 6.18 Å². The Balaban J connectivity index is 2.86. The van der Waals surface area contributed by atoms with E-state index in [0.29, 0.717) is 5.56 Å². The summed E-state index contributed by atoms with van der Waals surface area (Å²) < 4.78 is 78.2. The van der Waals surface area contributed by atoms with Gasteiger partial charge in [0.25, 0.3) is 0 Å². The minimum atomic E-state index is -4.83. The highest BCUT2D eigenvalue weighted by atomic mass is 79.9. The van der Waals surface area contributed by atoms with E-state index in [2.05, 4.69) is 27.6 Å². The number of rotatable bonds is 6. The van der Waals surface area contributed by atoms with E-state index in [9.17, 15) is 26.0 Å². The van der Waals surface area contributed by atoms with Crippen LogP contribution in [0.2, 0.25) is 0 Å². The molecule has 0 heterocycles. The number of nitrogens with zero attached hydrogens (tertiary/aromatic N) is 1. The molecule has 0 radical (unpaired) electrons. The molecular formula is C21H18BrF4NO2S. The summed E-state index contributed by atoms with van der Waals surface area (Å²) in [4.78, 5) is 2.92. The molecule has 0 amide bonds. The van der Waals surface area contributed by atoms with Gasteiger partial charge in [-0.1, -0.05) is 46.3 Å². The van der Waals surface area contributed by atoms with Gasteiger partial charge < -0.3 is 0 Å². The zero-order chi connectivity index (χ0) is 22.7. The normalized spacial score (nSPS) is 14.8. The number of hydrogen-bond acceptors (Lipinski definition) is 3. The predicted molar refractivity (Wildman–Crippen MR) is 115 cm³/mol. The lowest BCUT2D eigenvalue weighted by Gasteiger charge is -2.19. The first-order chi connectivity index (χ1) is 13.8. The van der Waals surface area contributed by atoms with E-state index in [-0.39, 0.29) is 26.4 Å². The maximum absolute atomic E-state index is 13.8. The van der Waals surface area contributed by atoms with Gasteiger partial charge in [0.05, 0.1) is 4.90 Å². The smallest absolute Gasteiger partial charge is 0.259 e. The fourth-order valence-corrected chi connectivity index (χ4v) is 3.68. The second-order valence-corrected chi connectivity index (χ2v) is 9.90. The molecule has 2 aromatic carbocycles. The Morgan fingerprint density at radius 3 is 1.97 bits per heavy atom. The van der Waals surface area contributed by atoms with Gasteiger partial charge in [0.2, 0.25) is 0 Å². The molecule has 1 atom stereocenters. The largest absolute Gasteiger partial charge is 0.433 e. The summed E-state index contributed by atoms with van der Waals surface area (Å²) in [5.74, 6) is -0.602. The van der Waals surface area contributed by atoms with Gasteiger partial charge in [-0.3, -0.25) is 4.99 Å². The summed E-state index contributed by atoms with van der Waals surface area (Å²) in [5.41, 5.74) is -0.969. The lowest BCUT2D eigenvalue weighted by Crippen LogP contribution is -2.13. The molecule has 0 aliphatic heterocycles. The Labute approximate surface area is 180 Å². The van der Waals surface area contributed by atoms with Crippen molar-refractivity contribution < 1.29 is 26.0 Å². The van der Waals surface area contributed by atoms with Gasteiger partial charge in [-0.15, -0.1) is 0 Å². The Bertz CT molecular complexity index is 1090. The van der Waals surface area contributed by atoms with Gasteiger partial charge in [-0.2, -0.15) is 13.2 Å². The Kier molecular flexibility index (Phi) is 7.41. The Morgan fingerprint density at radius 1 is 1.07 bits per heavy atom. The fourth-order valence-electron chi connectivity index (χ4n) is 2.78. The monoisotopic (exact) mass is 503 g/mol. The second-order valence-electron chi connectivity index (χ2n) is 6.44. The molecule has 1 unspecified atom stereocenters. The summed E-state index contributed by atoms with van der Waals surface area (Å²) in [6, 6.07) is 10.0. The van der Waals surface area contributed by atoms with Crippen molar-refractivity contribution in [2.75, 3.05) is 6.26 Å². The molecule has 0 aliphatic rings. The molecule has 2 rings (SSSR count). The van der Waals surface area contributed by atoms with E-state index in [1.807, 2.05) is 0 Å². The SMILES string of the molecule is C=N/C(=C(\C(=C/C(C)Br)c1ccc(S(C)(=O)=O)cc1)c1ccc(F)cc1)C(F)(F)F. The van der Waals surface area contributed by atoms with Crippen LogP contribution in [0.1, 0.15) is 18.1 Å². The van der Waals surface area contributed by atoms with Gasteiger partial charge in [0.1, 0.15) is 5.82 Å². The summed E-state index contributed by atoms with van der Waals surface area (Å²) in [5, 5.41) is 0. The fraction of sp³-hybridized carbons (Fsp3) is 0.190. The molecule has 0 fully saturated rings. The molecule has 30 heavy (non-hydrogen) atoms. The molecular weight excluding hydrogens is 486 g/mol. The van der Waals surface area contributed by atoms with Crippen LogP contribution in [0.15, 0.2) is 70.2 Å². The number of sulfone groups is 1. The maximum atomic E-state index is 13.8. The van der Waals surface area contributed by atoms with Crippen molar-refractivity contribution in [2.45, 2.75) is 22.8 Å². The first-order valence-corrected chi connectivity index (χ1v) is 11.4. The van der Waals surface area contributed by atoms with Crippen LogP contribution in [0.25, 0.3) is 11.1 Å². The number of hydrogen-bond donors (Lipinski definition) is 0. The van der Waals surface area contributed by atoms with E-state index < -0.39 is 27.5 Å². The molecule has 0 saturated heterocycles. The van der Waals surface area contributed by atoms with Crippen molar-refractivity contribution >= 4 is 43.6 Å². The lowest BCUT2D eigenvalue weighted by atomic mass is 9.89. The number of benzene rings is 2. The topological polar surface area (TPSA) is 46.5 Å². The molecule has 0 saturated carbocycles. The molecule has 160 valence electrons. The molecule has 9 heteroatoms. The molecule has 0 aliphatic carbocycles. The first kappa shape index (κ1) is 24.0. The van der Waals surface area contributed by atoms with E-state index in [1.54, 1.807) is 6.92 Å². The van der Waals surface area contributed by atoms with Crippen LogP contribution in [-0.4, -0.2) is 32.4 Å². The molecule has 2 aromatic rings. The quantitative estimate of drug-likeness (QED) is 0.208. The summed E-state index contributed by atoms with van der Waals surface area (Å²) in [7, 11) is -3.48. The van der Waals surface area contributed by atoms with Crippen LogP contribution in [-0.2, 0) is 9.84 Å². The summed E-state index contributed by atoms with van der Waals surface area (Å²) in [6.07, 6.45) is -2.26. The third-order valence-corrected chi connectivity index (χ3v) is 5.45. The van der Waals surface area contributed by atoms with Crippen LogP contribution in [0.4, 0.5) is 17.6 Å². The standard InChI is InChI=1S/C21H18BrF4NO2S/c1-13(22)12-18(14-6-10-17(11-7-14)30(3,28)29)19(20(27-2)21(24,25)26)15-4-8-16(23)9-5-15/h4-13H,2H2,1,3H3/b18-12-,20-19-. The van der Waals surface area contributed by atoms with Crippen LogP contribution >= 0.6 is 15.9 Å². The van der Waals surface area contributed by atoms with Crippen molar-refractivity contribution in [1.29, 1.82) is 0 Å². The van der Waals surface area contributed by atoms with Gasteiger partial charge in [0.15, 0.2) is 15.5 Å². The van der Waals surface area contributed by atoms with Crippen molar-refractivity contribution in [3.63, 3.8) is 0 Å². The van der Waals surface area contributed by atoms with Crippen LogP contribution in [0.3, 0.4) is 0 Å². The van der Waals surface area contributed by atoms with E-state index in [4.69, 9.17) is 0 Å². The third kappa shape index (κ3) is 5.89. The summed E-state index contributed by atoms with van der Waals surface area (Å²) in [6.45, 7) is 4.78. The first-order valence-electron chi connectivity index (χ1n) is 8.55. The highest BCUT2D eigenvalue weighted by molar-refractivity contribution is 9.09. The van der Waals surface area contributed by atoms with Crippen molar-refractivity contribution in [3.05, 3.63) is 77.2 Å². The average Bonchev–Trinajstić information content (AvgIpc) is 2.63. The highest BCUT2D eigenvalue weighted by Crippen LogP contribution is 2.41. The molecule has 0 bridgehead atoms. The minimum Gasteiger partial charge on any atom is -0.259 e. The van der Waals surface area contributed by atoms with Crippen molar-refractivity contribution in [2.24, 2.45) is 4.99 Å². The third-order valence-electron chi connectivity index (χ3n) is 4.06. The van der Waals surface area contributed by atoms with Crippen LogP contribution in [0.5, 0.6) is 0 Å². The van der Waals surface area contributed by atoms with Crippen molar-refractivity contribution in [1.82, 2.24) is 0 Å². The number of alkyl halides is 4. The lowest BCUT2D eigenvalue weighted by molar-refractivity contribution is -0.0915. The van der Waals surface area contributed by atoms with Crippen LogP contribution < -0.4 is 0 Å². The number of allylic oxidation sites excluding steroid dienone is 4. The molecule has 0 spiro atoms. The van der Waals surface area contributed by atoms with Gasteiger partial charge in [-0.25, -0.2) is 12.8 Å². The highest BCUT2D eigenvalue weighted by Gasteiger charge is 2.37. The zero-order valence-electron chi connectivity index (χ0n) is 16.0.